The van der Waals surface area contributed by atoms with E-state index < -0.39 is 0 Å². The molecule has 2 heteroatoms. The van der Waals surface area contributed by atoms with E-state index in [1.165, 1.54) is 0 Å². The van der Waals surface area contributed by atoms with Crippen LogP contribution in [0.3, 0.4) is 0 Å². The second kappa shape index (κ2) is 4.29. The molecule has 0 saturated heterocycles. The molecule has 0 aromatic carbocycles. The molecule has 0 aromatic heterocycles. The topological polar surface area (TPSA) is 26.3 Å². The van der Waals surface area contributed by atoms with E-state index >= 15 is 0 Å². The molecule has 1 atom stereocenters. The molecule has 0 spiro atoms. The van der Waals surface area contributed by atoms with Crippen molar-refractivity contribution >= 4 is 5.97 Å². The zero-order valence-corrected chi connectivity index (χ0v) is 8.55. The Balaban J connectivity index is 4.05. The van der Waals surface area contributed by atoms with Gasteiger partial charge in [-0.3, -0.25) is 4.79 Å². The first-order valence-electron chi connectivity index (χ1n) is 4.22. The number of rotatable bonds is 2. The number of hydrogen-bond acceptors (Lipinski definition) is 2. The van der Waals surface area contributed by atoms with Crippen LogP contribution in [-0.2, 0) is 9.53 Å². The molecule has 0 aliphatic heterocycles. The van der Waals surface area contributed by atoms with E-state index in [2.05, 4.69) is 0 Å². The molecule has 0 rings (SSSR count). The highest BCUT2D eigenvalue weighted by molar-refractivity contribution is 5.74. The SMILES string of the molecule is C/C=C\C(C)C(=O)OC(C)(C)C. The van der Waals surface area contributed by atoms with E-state index in [-0.39, 0.29) is 17.5 Å². The highest BCUT2D eigenvalue weighted by Crippen LogP contribution is 2.11. The summed E-state index contributed by atoms with van der Waals surface area (Å²) in [5.41, 5.74) is -0.382. The van der Waals surface area contributed by atoms with Gasteiger partial charge < -0.3 is 4.74 Å². The molecule has 12 heavy (non-hydrogen) atoms. The van der Waals surface area contributed by atoms with Gasteiger partial charge >= 0.3 is 5.97 Å². The van der Waals surface area contributed by atoms with Gasteiger partial charge in [-0.25, -0.2) is 0 Å². The number of ether oxygens (including phenoxy) is 1. The number of carbonyl (C=O) groups is 1. The molecule has 0 aliphatic carbocycles. The lowest BCUT2D eigenvalue weighted by atomic mass is 10.1. The van der Waals surface area contributed by atoms with Crippen molar-refractivity contribution in [2.45, 2.75) is 40.2 Å². The lowest BCUT2D eigenvalue weighted by Crippen LogP contribution is -2.26. The van der Waals surface area contributed by atoms with Gasteiger partial charge in [-0.1, -0.05) is 12.2 Å². The molecule has 0 bridgehead atoms. The summed E-state index contributed by atoms with van der Waals surface area (Å²) in [7, 11) is 0. The maximum Gasteiger partial charge on any atom is 0.313 e. The van der Waals surface area contributed by atoms with Crippen LogP contribution < -0.4 is 0 Å². The van der Waals surface area contributed by atoms with Gasteiger partial charge in [0.25, 0.3) is 0 Å². The summed E-state index contributed by atoms with van der Waals surface area (Å²) >= 11 is 0. The number of allylic oxidation sites excluding steroid dienone is 1. The smallest absolute Gasteiger partial charge is 0.313 e. The summed E-state index contributed by atoms with van der Waals surface area (Å²) in [5.74, 6) is -0.310. The molecular weight excluding hydrogens is 152 g/mol. The van der Waals surface area contributed by atoms with E-state index in [0.717, 1.165) is 0 Å². The first-order chi connectivity index (χ1) is 5.37. The molecule has 1 unspecified atom stereocenters. The maximum atomic E-state index is 11.3. The van der Waals surface area contributed by atoms with Gasteiger partial charge in [0.2, 0.25) is 0 Å². The number of esters is 1. The van der Waals surface area contributed by atoms with Crippen LogP contribution in [0.1, 0.15) is 34.6 Å². The van der Waals surface area contributed by atoms with Crippen molar-refractivity contribution in [3.8, 4) is 0 Å². The largest absolute Gasteiger partial charge is 0.460 e. The fourth-order valence-corrected chi connectivity index (χ4v) is 0.762. The van der Waals surface area contributed by atoms with Crippen molar-refractivity contribution in [3.05, 3.63) is 12.2 Å². The molecule has 0 heterocycles. The summed E-state index contributed by atoms with van der Waals surface area (Å²) < 4.78 is 5.16. The second-order valence-corrected chi connectivity index (χ2v) is 3.85. The lowest BCUT2D eigenvalue weighted by molar-refractivity contribution is -0.157. The maximum absolute atomic E-state index is 11.3. The third-order valence-corrected chi connectivity index (χ3v) is 1.26. The van der Waals surface area contributed by atoms with Crippen LogP contribution in [-0.4, -0.2) is 11.6 Å². The molecule has 0 amide bonds. The Morgan fingerprint density at radius 3 is 2.25 bits per heavy atom. The Morgan fingerprint density at radius 1 is 1.42 bits per heavy atom. The highest BCUT2D eigenvalue weighted by Gasteiger charge is 2.19. The standard InChI is InChI=1S/C10H18O2/c1-6-7-8(2)9(11)12-10(3,4)5/h6-8H,1-5H3/b7-6-. The molecule has 70 valence electrons. The second-order valence-electron chi connectivity index (χ2n) is 3.85. The Bertz CT molecular complexity index is 175. The molecule has 0 radical (unpaired) electrons. The van der Waals surface area contributed by atoms with Crippen LogP contribution in [0.2, 0.25) is 0 Å². The predicted octanol–water partition coefficient (Wildman–Crippen LogP) is 2.54. The summed E-state index contributed by atoms with van der Waals surface area (Å²) in [6.07, 6.45) is 3.68. The molecule has 0 aromatic rings. The van der Waals surface area contributed by atoms with Crippen molar-refractivity contribution in [1.29, 1.82) is 0 Å². The van der Waals surface area contributed by atoms with Gasteiger partial charge in [-0.05, 0) is 34.6 Å². The van der Waals surface area contributed by atoms with Crippen LogP contribution in [0, 0.1) is 5.92 Å². The van der Waals surface area contributed by atoms with E-state index in [1.807, 2.05) is 46.8 Å². The van der Waals surface area contributed by atoms with Crippen molar-refractivity contribution in [1.82, 2.24) is 0 Å². The molecule has 0 fully saturated rings. The third kappa shape index (κ3) is 4.94. The van der Waals surface area contributed by atoms with Gasteiger partial charge in [0, 0.05) is 0 Å². The number of hydrogen-bond donors (Lipinski definition) is 0. The van der Waals surface area contributed by atoms with Gasteiger partial charge in [0.1, 0.15) is 5.60 Å². The average molecular weight is 170 g/mol. The average Bonchev–Trinajstić information content (AvgIpc) is 1.84. The van der Waals surface area contributed by atoms with Gasteiger partial charge in [-0.2, -0.15) is 0 Å². The van der Waals surface area contributed by atoms with Crippen LogP contribution in [0.5, 0.6) is 0 Å². The van der Waals surface area contributed by atoms with Crippen LogP contribution in [0.15, 0.2) is 12.2 Å². The normalized spacial score (nSPS) is 14.8. The quantitative estimate of drug-likeness (QED) is 0.470. The van der Waals surface area contributed by atoms with Crippen molar-refractivity contribution in [3.63, 3.8) is 0 Å². The predicted molar refractivity (Wildman–Crippen MR) is 49.8 cm³/mol. The van der Waals surface area contributed by atoms with E-state index in [4.69, 9.17) is 4.74 Å². The Labute approximate surface area is 74.6 Å². The zero-order valence-electron chi connectivity index (χ0n) is 8.55. The Hall–Kier alpha value is -0.790. The van der Waals surface area contributed by atoms with Gasteiger partial charge in [0.05, 0.1) is 5.92 Å². The van der Waals surface area contributed by atoms with E-state index in [9.17, 15) is 4.79 Å². The zero-order chi connectivity index (χ0) is 9.78. The summed E-state index contributed by atoms with van der Waals surface area (Å²) in [6, 6.07) is 0. The summed E-state index contributed by atoms with van der Waals surface area (Å²) in [4.78, 5) is 11.3. The molecule has 0 N–H and O–H groups in total. The first kappa shape index (κ1) is 11.2. The molecule has 2 nitrogen and oxygen atoms in total. The monoisotopic (exact) mass is 170 g/mol. The van der Waals surface area contributed by atoms with E-state index in [1.54, 1.807) is 0 Å². The van der Waals surface area contributed by atoms with Crippen molar-refractivity contribution in [2.75, 3.05) is 0 Å². The minimum Gasteiger partial charge on any atom is -0.460 e. The summed E-state index contributed by atoms with van der Waals surface area (Å²) in [6.45, 7) is 9.32. The van der Waals surface area contributed by atoms with Crippen LogP contribution >= 0.6 is 0 Å². The van der Waals surface area contributed by atoms with Crippen molar-refractivity contribution in [2.24, 2.45) is 5.92 Å². The van der Waals surface area contributed by atoms with Gasteiger partial charge in [0.15, 0.2) is 0 Å². The fourth-order valence-electron chi connectivity index (χ4n) is 0.762. The minimum absolute atomic E-state index is 0.144. The highest BCUT2D eigenvalue weighted by atomic mass is 16.6. The third-order valence-electron chi connectivity index (χ3n) is 1.26. The van der Waals surface area contributed by atoms with Gasteiger partial charge in [-0.15, -0.1) is 0 Å². The molecular formula is C10H18O2. The summed E-state index contributed by atoms with van der Waals surface area (Å²) in [5, 5.41) is 0. The van der Waals surface area contributed by atoms with Crippen molar-refractivity contribution < 1.29 is 9.53 Å². The molecule has 0 saturated carbocycles. The molecule has 0 aliphatic rings. The van der Waals surface area contributed by atoms with Crippen LogP contribution in [0.4, 0.5) is 0 Å². The fraction of sp³-hybridized carbons (Fsp3) is 0.700. The Kier molecular flexibility index (Phi) is 4.01. The number of carbonyl (C=O) groups excluding carboxylic acids is 1. The first-order valence-corrected chi connectivity index (χ1v) is 4.22. The Morgan fingerprint density at radius 2 is 1.92 bits per heavy atom. The van der Waals surface area contributed by atoms with Crippen LogP contribution in [0.25, 0.3) is 0 Å². The minimum atomic E-state index is -0.382. The lowest BCUT2D eigenvalue weighted by Gasteiger charge is -2.21. The van der Waals surface area contributed by atoms with E-state index in [0.29, 0.717) is 0 Å².